The highest BCUT2D eigenvalue weighted by Crippen LogP contribution is 2.35. The van der Waals surface area contributed by atoms with Crippen LogP contribution in [0, 0.1) is 0 Å². The molecule has 1 aliphatic rings. The molecule has 0 saturated heterocycles. The Morgan fingerprint density at radius 1 is 0.800 bits per heavy atom. The Morgan fingerprint density at radius 2 is 1.43 bits per heavy atom. The summed E-state index contributed by atoms with van der Waals surface area (Å²) in [5.41, 5.74) is 7.87. The molecule has 0 radical (unpaired) electrons. The molecule has 1 aliphatic heterocycles. The minimum absolute atomic E-state index is 0. The van der Waals surface area contributed by atoms with Crippen LogP contribution in [0.5, 0.6) is 0 Å². The Labute approximate surface area is 183 Å². The number of nitrogens with one attached hydrogen (secondary N) is 1. The van der Waals surface area contributed by atoms with Crippen molar-refractivity contribution in [3.8, 4) is 0 Å². The van der Waals surface area contributed by atoms with E-state index in [0.29, 0.717) is 0 Å². The van der Waals surface area contributed by atoms with E-state index < -0.39 is 0 Å². The first-order valence-electron chi connectivity index (χ1n) is 10.3. The van der Waals surface area contributed by atoms with Crippen molar-refractivity contribution in [2.24, 2.45) is 7.05 Å². The molecule has 3 aromatic rings. The summed E-state index contributed by atoms with van der Waals surface area (Å²) in [7, 11) is 2.11. The number of anilines is 1. The van der Waals surface area contributed by atoms with Crippen LogP contribution in [0.2, 0.25) is 0 Å². The molecule has 0 amide bonds. The number of nitrogens with zero attached hydrogens (tertiary/aromatic N) is 1. The van der Waals surface area contributed by atoms with Gasteiger partial charge in [-0.25, -0.2) is 0 Å². The summed E-state index contributed by atoms with van der Waals surface area (Å²) in [6, 6.07) is 15.0. The van der Waals surface area contributed by atoms with Gasteiger partial charge in [0.25, 0.3) is 0 Å². The minimum Gasteiger partial charge on any atom is -0.355 e. The van der Waals surface area contributed by atoms with Crippen LogP contribution >= 0.6 is 0 Å². The molecule has 0 saturated carbocycles. The third kappa shape index (κ3) is 4.87. The number of allylic oxidation sites excluding steroid dienone is 1. The fourth-order valence-electron chi connectivity index (χ4n) is 3.81. The van der Waals surface area contributed by atoms with Crippen molar-refractivity contribution in [3.63, 3.8) is 0 Å². The molecule has 30 heavy (non-hydrogen) atoms. The second-order valence-electron chi connectivity index (χ2n) is 9.92. The maximum atomic E-state index is 3.94. The van der Waals surface area contributed by atoms with Crippen molar-refractivity contribution in [2.75, 3.05) is 5.32 Å². The number of para-hydroxylation sites is 2. The summed E-state index contributed by atoms with van der Waals surface area (Å²) in [4.78, 5) is 0. The molecule has 2 heterocycles. The van der Waals surface area contributed by atoms with Gasteiger partial charge in [0.2, 0.25) is 0 Å². The van der Waals surface area contributed by atoms with E-state index >= 15 is 0 Å². The van der Waals surface area contributed by atoms with Gasteiger partial charge in [-0.15, -0.1) is 0 Å². The monoisotopic (exact) mass is 402 g/mol. The molecule has 2 nitrogen and oxygen atoms in total. The molecule has 1 N–H and O–H groups in total. The zero-order valence-corrected chi connectivity index (χ0v) is 18.9. The summed E-state index contributed by atoms with van der Waals surface area (Å²) < 4.78 is 2.20. The largest absolute Gasteiger partial charge is 0.355 e. The van der Waals surface area contributed by atoms with Gasteiger partial charge in [-0.1, -0.05) is 98.0 Å². The number of benzene rings is 2. The van der Waals surface area contributed by atoms with E-state index in [2.05, 4.69) is 120 Å². The van der Waals surface area contributed by atoms with Gasteiger partial charge in [0.1, 0.15) is 0 Å². The second-order valence-corrected chi connectivity index (χ2v) is 9.92. The van der Waals surface area contributed by atoms with Gasteiger partial charge in [-0.05, 0) is 39.7 Å². The second kappa shape index (κ2) is 8.55. The highest BCUT2D eigenvalue weighted by atomic mass is 14.9. The average Bonchev–Trinajstić information content (AvgIpc) is 2.98. The minimum atomic E-state index is 0. The molecule has 2 heteroatoms. The van der Waals surface area contributed by atoms with E-state index in [-0.39, 0.29) is 18.3 Å². The molecule has 0 unspecified atom stereocenters. The predicted octanol–water partition coefficient (Wildman–Crippen LogP) is 8.05. The van der Waals surface area contributed by atoms with Crippen LogP contribution < -0.4 is 5.32 Å². The highest BCUT2D eigenvalue weighted by molar-refractivity contribution is 5.84. The van der Waals surface area contributed by atoms with Crippen molar-refractivity contribution in [3.05, 3.63) is 83.7 Å². The molecular weight excluding hydrogens is 364 g/mol. The molecule has 0 fully saturated rings. The predicted molar refractivity (Wildman–Crippen MR) is 135 cm³/mol. The van der Waals surface area contributed by atoms with E-state index in [1.807, 2.05) is 6.08 Å². The van der Waals surface area contributed by atoms with Gasteiger partial charge in [0, 0.05) is 35.5 Å². The van der Waals surface area contributed by atoms with Crippen LogP contribution in [-0.4, -0.2) is 4.57 Å². The Bertz CT molecular complexity index is 1070. The summed E-state index contributed by atoms with van der Waals surface area (Å²) in [6.45, 7) is 17.4. The van der Waals surface area contributed by atoms with Gasteiger partial charge in [-0.2, -0.15) is 0 Å². The van der Waals surface area contributed by atoms with E-state index in [9.17, 15) is 0 Å². The maximum absolute atomic E-state index is 3.94. The lowest BCUT2D eigenvalue weighted by molar-refractivity contribution is 0.592. The average molecular weight is 403 g/mol. The lowest BCUT2D eigenvalue weighted by Gasteiger charge is -2.26. The number of rotatable bonds is 0. The number of aryl methyl sites for hydroxylation is 1. The summed E-state index contributed by atoms with van der Waals surface area (Å²) >= 11 is 0. The van der Waals surface area contributed by atoms with Crippen molar-refractivity contribution >= 4 is 22.7 Å². The molecule has 0 atom stereocenters. The smallest absolute Gasteiger partial charge is 0.0495 e. The number of hydrogen-bond acceptors (Lipinski definition) is 1. The van der Waals surface area contributed by atoms with Gasteiger partial charge >= 0.3 is 0 Å². The van der Waals surface area contributed by atoms with Crippen LogP contribution in [0.25, 0.3) is 17.0 Å². The number of aromatic nitrogens is 1. The van der Waals surface area contributed by atoms with E-state index in [1.165, 1.54) is 33.3 Å². The summed E-state index contributed by atoms with van der Waals surface area (Å²) in [5.74, 6) is 0. The SMILES string of the molecule is C.C=C1C=Cc2cccc(C(C)(C)C)c2N1.Cn1cc(C(C)(C)C)c2ccccc21. The third-order valence-electron chi connectivity index (χ3n) is 5.36. The maximum Gasteiger partial charge on any atom is 0.0495 e. The zero-order valence-electron chi connectivity index (χ0n) is 18.9. The molecule has 2 aromatic carbocycles. The summed E-state index contributed by atoms with van der Waals surface area (Å²) in [6.07, 6.45) is 6.36. The van der Waals surface area contributed by atoms with E-state index in [4.69, 9.17) is 0 Å². The Kier molecular flexibility index (Phi) is 6.71. The van der Waals surface area contributed by atoms with Gasteiger partial charge < -0.3 is 9.88 Å². The standard InChI is InChI=1S/C14H17N.C13H17N.CH4/c1-10-8-9-11-6-5-7-12(13(11)15-10)14(2,3)4;1-13(2,3)11-9-14(4)12-8-6-5-7-10(11)12;/h5-9,15H,1H2,2-4H3;5-9H,1-4H3;1H4. The van der Waals surface area contributed by atoms with E-state index in [0.717, 1.165) is 5.70 Å². The lowest BCUT2D eigenvalue weighted by Crippen LogP contribution is -2.16. The molecule has 0 bridgehead atoms. The molecule has 0 aliphatic carbocycles. The molecule has 1 aromatic heterocycles. The van der Waals surface area contributed by atoms with Crippen LogP contribution in [0.3, 0.4) is 0 Å². The first kappa shape index (κ1) is 23.5. The zero-order chi connectivity index (χ0) is 21.4. The fraction of sp³-hybridized carbons (Fsp3) is 0.357. The topological polar surface area (TPSA) is 17.0 Å². The van der Waals surface area contributed by atoms with Crippen molar-refractivity contribution in [1.82, 2.24) is 4.57 Å². The molecule has 0 spiro atoms. The van der Waals surface area contributed by atoms with Crippen LogP contribution in [0.4, 0.5) is 5.69 Å². The number of fused-ring (bicyclic) bond motifs is 2. The molecular formula is C28H38N2. The van der Waals surface area contributed by atoms with Gasteiger partial charge in [0.05, 0.1) is 0 Å². The normalized spacial score (nSPS) is 13.1. The van der Waals surface area contributed by atoms with Crippen molar-refractivity contribution in [2.45, 2.75) is 59.8 Å². The molecule has 4 rings (SSSR count). The Morgan fingerprint density at radius 3 is 2.07 bits per heavy atom. The number of hydrogen-bond donors (Lipinski definition) is 1. The Hall–Kier alpha value is -2.74. The van der Waals surface area contributed by atoms with Crippen LogP contribution in [0.1, 0.15) is 65.7 Å². The van der Waals surface area contributed by atoms with Gasteiger partial charge in [0.15, 0.2) is 0 Å². The quantitative estimate of drug-likeness (QED) is 0.402. The van der Waals surface area contributed by atoms with Gasteiger partial charge in [-0.3, -0.25) is 0 Å². The first-order valence-corrected chi connectivity index (χ1v) is 10.3. The van der Waals surface area contributed by atoms with Crippen molar-refractivity contribution < 1.29 is 0 Å². The first-order chi connectivity index (χ1) is 13.5. The highest BCUT2D eigenvalue weighted by Gasteiger charge is 2.21. The lowest BCUT2D eigenvalue weighted by atomic mass is 9.84. The van der Waals surface area contributed by atoms with E-state index in [1.54, 1.807) is 0 Å². The third-order valence-corrected chi connectivity index (χ3v) is 5.36. The summed E-state index contributed by atoms with van der Waals surface area (Å²) in [5, 5.41) is 4.73. The molecule has 160 valence electrons. The van der Waals surface area contributed by atoms with Crippen LogP contribution in [0.15, 0.2) is 67.0 Å². The Balaban J connectivity index is 0.000000207. The fourth-order valence-corrected chi connectivity index (χ4v) is 3.81. The van der Waals surface area contributed by atoms with Crippen LogP contribution in [-0.2, 0) is 17.9 Å². The van der Waals surface area contributed by atoms with Crippen molar-refractivity contribution in [1.29, 1.82) is 0 Å².